The molecule has 3 heterocycles. The van der Waals surface area contributed by atoms with Gasteiger partial charge >= 0.3 is 0 Å². The molecule has 0 saturated carbocycles. The Morgan fingerprint density at radius 3 is 2.48 bits per heavy atom. The first-order valence-electron chi connectivity index (χ1n) is 7.55. The lowest BCUT2D eigenvalue weighted by molar-refractivity contribution is 0.473. The van der Waals surface area contributed by atoms with E-state index in [-0.39, 0.29) is 6.04 Å². The molecule has 6 nitrogen and oxygen atoms in total. The minimum absolute atomic E-state index is 0.212. The lowest BCUT2D eigenvalue weighted by atomic mass is 10.1. The van der Waals surface area contributed by atoms with Gasteiger partial charge in [0.15, 0.2) is 0 Å². The topological polar surface area (TPSA) is 79.5 Å². The highest BCUT2D eigenvalue weighted by Crippen LogP contribution is 2.29. The third-order valence-corrected chi connectivity index (χ3v) is 6.19. The summed E-state index contributed by atoms with van der Waals surface area (Å²) in [5.41, 5.74) is 5.92. The molecule has 0 aromatic carbocycles. The molecule has 1 aromatic heterocycles. The lowest BCUT2D eigenvalue weighted by Gasteiger charge is -2.32. The first-order chi connectivity index (χ1) is 10.1. The van der Waals surface area contributed by atoms with Gasteiger partial charge in [0.2, 0.25) is 10.0 Å². The number of hydrogen-bond acceptors (Lipinski definition) is 5. The molecule has 0 aliphatic carbocycles. The fourth-order valence-electron chi connectivity index (χ4n) is 3.00. The highest BCUT2D eigenvalue weighted by atomic mass is 32.2. The number of aromatic nitrogens is 1. The molecule has 2 aliphatic heterocycles. The summed E-state index contributed by atoms with van der Waals surface area (Å²) in [6.45, 7) is 2.75. The third kappa shape index (κ3) is 2.90. The number of piperidine rings is 1. The number of anilines is 1. The molecule has 2 N–H and O–H groups in total. The molecule has 2 fully saturated rings. The molecule has 0 atom stereocenters. The Balaban J connectivity index is 1.92. The molecule has 21 heavy (non-hydrogen) atoms. The quantitative estimate of drug-likeness (QED) is 0.893. The van der Waals surface area contributed by atoms with Crippen LogP contribution in [0.3, 0.4) is 0 Å². The van der Waals surface area contributed by atoms with Gasteiger partial charge in [-0.2, -0.15) is 4.31 Å². The number of nitrogens with two attached hydrogens (primary N) is 1. The van der Waals surface area contributed by atoms with Gasteiger partial charge in [-0.05, 0) is 37.8 Å². The maximum absolute atomic E-state index is 12.8. The van der Waals surface area contributed by atoms with Crippen LogP contribution in [0.4, 0.5) is 5.82 Å². The standard InChI is InChI=1S/C14H22N4O2S/c15-12-5-10-17(11-6-12)14-13(4-3-7-16-14)21(19,20)18-8-1-2-9-18/h3-4,7,12H,1-2,5-6,8-11,15H2. The maximum atomic E-state index is 12.8. The zero-order valence-corrected chi connectivity index (χ0v) is 12.9. The van der Waals surface area contributed by atoms with Gasteiger partial charge in [0.1, 0.15) is 10.7 Å². The van der Waals surface area contributed by atoms with Crippen LogP contribution in [-0.4, -0.2) is 49.9 Å². The average molecular weight is 310 g/mol. The van der Waals surface area contributed by atoms with E-state index >= 15 is 0 Å². The molecule has 0 unspecified atom stereocenters. The van der Waals surface area contributed by atoms with Crippen LogP contribution in [-0.2, 0) is 10.0 Å². The van der Waals surface area contributed by atoms with Crippen molar-refractivity contribution in [1.29, 1.82) is 0 Å². The molecule has 0 radical (unpaired) electrons. The van der Waals surface area contributed by atoms with Gasteiger partial charge in [0.25, 0.3) is 0 Å². The monoisotopic (exact) mass is 310 g/mol. The molecular formula is C14H22N4O2S. The van der Waals surface area contributed by atoms with Crippen molar-refractivity contribution >= 4 is 15.8 Å². The van der Waals surface area contributed by atoms with E-state index in [1.54, 1.807) is 22.6 Å². The van der Waals surface area contributed by atoms with Crippen LogP contribution < -0.4 is 10.6 Å². The molecule has 3 rings (SSSR count). The van der Waals surface area contributed by atoms with Crippen molar-refractivity contribution in [2.45, 2.75) is 36.6 Å². The summed E-state index contributed by atoms with van der Waals surface area (Å²) >= 11 is 0. The molecule has 116 valence electrons. The van der Waals surface area contributed by atoms with Crippen molar-refractivity contribution in [3.05, 3.63) is 18.3 Å². The largest absolute Gasteiger partial charge is 0.355 e. The highest BCUT2D eigenvalue weighted by Gasteiger charge is 2.31. The maximum Gasteiger partial charge on any atom is 0.246 e. The van der Waals surface area contributed by atoms with Gasteiger partial charge in [-0.1, -0.05) is 0 Å². The molecule has 0 bridgehead atoms. The molecule has 0 amide bonds. The van der Waals surface area contributed by atoms with E-state index in [1.807, 2.05) is 4.90 Å². The van der Waals surface area contributed by atoms with E-state index in [0.717, 1.165) is 38.8 Å². The Morgan fingerprint density at radius 2 is 1.81 bits per heavy atom. The normalized spacial score (nSPS) is 21.9. The van der Waals surface area contributed by atoms with Gasteiger partial charge in [0, 0.05) is 38.4 Å². The molecule has 2 saturated heterocycles. The Bertz CT molecular complexity index is 591. The van der Waals surface area contributed by atoms with Crippen molar-refractivity contribution in [3.8, 4) is 0 Å². The number of hydrogen-bond donors (Lipinski definition) is 1. The van der Waals surface area contributed by atoms with Crippen molar-refractivity contribution in [2.24, 2.45) is 5.73 Å². The van der Waals surface area contributed by atoms with E-state index in [9.17, 15) is 8.42 Å². The summed E-state index contributed by atoms with van der Waals surface area (Å²) < 4.78 is 27.2. The van der Waals surface area contributed by atoms with E-state index in [4.69, 9.17) is 5.73 Å². The Morgan fingerprint density at radius 1 is 1.14 bits per heavy atom. The fraction of sp³-hybridized carbons (Fsp3) is 0.643. The van der Waals surface area contributed by atoms with Gasteiger partial charge in [-0.15, -0.1) is 0 Å². The van der Waals surface area contributed by atoms with Crippen LogP contribution in [0.2, 0.25) is 0 Å². The second kappa shape index (κ2) is 5.90. The number of sulfonamides is 1. The third-order valence-electron chi connectivity index (χ3n) is 4.27. The van der Waals surface area contributed by atoms with Crippen LogP contribution in [0.25, 0.3) is 0 Å². The average Bonchev–Trinajstić information content (AvgIpc) is 3.03. The predicted molar refractivity (Wildman–Crippen MR) is 81.7 cm³/mol. The van der Waals surface area contributed by atoms with Crippen LogP contribution >= 0.6 is 0 Å². The lowest BCUT2D eigenvalue weighted by Crippen LogP contribution is -2.41. The van der Waals surface area contributed by atoms with E-state index in [0.29, 0.717) is 23.8 Å². The summed E-state index contributed by atoms with van der Waals surface area (Å²) in [6, 6.07) is 3.58. The predicted octanol–water partition coefficient (Wildman–Crippen LogP) is 0.794. The minimum Gasteiger partial charge on any atom is -0.355 e. The number of rotatable bonds is 3. The summed E-state index contributed by atoms with van der Waals surface area (Å²) in [5, 5.41) is 0. The van der Waals surface area contributed by atoms with Crippen molar-refractivity contribution < 1.29 is 8.42 Å². The van der Waals surface area contributed by atoms with E-state index < -0.39 is 10.0 Å². The van der Waals surface area contributed by atoms with Crippen LogP contribution in [0.15, 0.2) is 23.2 Å². The van der Waals surface area contributed by atoms with Crippen LogP contribution in [0, 0.1) is 0 Å². The first-order valence-corrected chi connectivity index (χ1v) is 8.99. The Hall–Kier alpha value is -1.18. The summed E-state index contributed by atoms with van der Waals surface area (Å²) in [5.74, 6) is 0.580. The first kappa shape index (κ1) is 14.7. The zero-order valence-electron chi connectivity index (χ0n) is 12.1. The highest BCUT2D eigenvalue weighted by molar-refractivity contribution is 7.89. The fourth-order valence-corrected chi connectivity index (χ4v) is 4.68. The second-order valence-corrected chi connectivity index (χ2v) is 7.67. The summed E-state index contributed by atoms with van der Waals surface area (Å²) in [7, 11) is -3.43. The zero-order chi connectivity index (χ0) is 14.9. The van der Waals surface area contributed by atoms with Gasteiger partial charge < -0.3 is 10.6 Å². The van der Waals surface area contributed by atoms with Crippen molar-refractivity contribution in [2.75, 3.05) is 31.1 Å². The Labute approximate surface area is 126 Å². The smallest absolute Gasteiger partial charge is 0.246 e. The molecule has 7 heteroatoms. The van der Waals surface area contributed by atoms with Gasteiger partial charge in [-0.25, -0.2) is 13.4 Å². The van der Waals surface area contributed by atoms with E-state index in [2.05, 4.69) is 4.98 Å². The van der Waals surface area contributed by atoms with Crippen molar-refractivity contribution in [1.82, 2.24) is 9.29 Å². The number of nitrogens with zero attached hydrogens (tertiary/aromatic N) is 3. The van der Waals surface area contributed by atoms with Crippen LogP contribution in [0.1, 0.15) is 25.7 Å². The summed E-state index contributed by atoms with van der Waals surface area (Å²) in [6.07, 6.45) is 5.28. The molecule has 0 spiro atoms. The minimum atomic E-state index is -3.43. The Kier molecular flexibility index (Phi) is 4.14. The number of pyridine rings is 1. The molecule has 1 aromatic rings. The van der Waals surface area contributed by atoms with Gasteiger partial charge in [0.05, 0.1) is 0 Å². The van der Waals surface area contributed by atoms with Crippen molar-refractivity contribution in [3.63, 3.8) is 0 Å². The van der Waals surface area contributed by atoms with E-state index in [1.165, 1.54) is 0 Å². The SMILES string of the molecule is NC1CCN(c2ncccc2S(=O)(=O)N2CCCC2)CC1. The summed E-state index contributed by atoms with van der Waals surface area (Å²) in [4.78, 5) is 6.73. The van der Waals surface area contributed by atoms with Crippen LogP contribution in [0.5, 0.6) is 0 Å². The second-order valence-electron chi connectivity index (χ2n) is 5.76. The molecular weight excluding hydrogens is 288 g/mol. The van der Waals surface area contributed by atoms with Gasteiger partial charge in [-0.3, -0.25) is 0 Å². The molecule has 2 aliphatic rings.